The Bertz CT molecular complexity index is 1040. The molecule has 5 rings (SSSR count). The fraction of sp³-hybridized carbons (Fsp3) is 0.333. The van der Waals surface area contributed by atoms with E-state index in [9.17, 15) is 0 Å². The van der Waals surface area contributed by atoms with Crippen molar-refractivity contribution >= 4 is 22.8 Å². The summed E-state index contributed by atoms with van der Waals surface area (Å²) in [5.41, 5.74) is 2.98. The van der Waals surface area contributed by atoms with Crippen LogP contribution in [-0.2, 0) is 13.6 Å². The highest BCUT2D eigenvalue weighted by Crippen LogP contribution is 2.25. The predicted octanol–water partition coefficient (Wildman–Crippen LogP) is 1.91. The van der Waals surface area contributed by atoms with Crippen LogP contribution in [0, 0.1) is 0 Å². The van der Waals surface area contributed by atoms with Crippen molar-refractivity contribution in [3.05, 3.63) is 47.6 Å². The third-order valence-corrected chi connectivity index (χ3v) is 5.69. The smallest absolute Gasteiger partial charge is 0.180 e. The van der Waals surface area contributed by atoms with Gasteiger partial charge in [-0.25, -0.2) is 15.0 Å². The number of aromatic nitrogens is 6. The lowest BCUT2D eigenvalue weighted by atomic mass is 10.3. The quantitative estimate of drug-likeness (QED) is 0.539. The average molecular weight is 380 g/mol. The van der Waals surface area contributed by atoms with E-state index in [4.69, 9.17) is 0 Å². The Morgan fingerprint density at radius 3 is 2.67 bits per heavy atom. The van der Waals surface area contributed by atoms with E-state index in [0.29, 0.717) is 0 Å². The van der Waals surface area contributed by atoms with Crippen LogP contribution < -0.4 is 4.90 Å². The Kier molecular flexibility index (Phi) is 4.10. The Morgan fingerprint density at radius 1 is 1.04 bits per heavy atom. The first kappa shape index (κ1) is 16.4. The lowest BCUT2D eigenvalue weighted by Crippen LogP contribution is -2.46. The van der Waals surface area contributed by atoms with E-state index in [1.54, 1.807) is 16.0 Å². The highest BCUT2D eigenvalue weighted by molar-refractivity contribution is 7.09. The first-order chi connectivity index (χ1) is 13.3. The highest BCUT2D eigenvalue weighted by Gasteiger charge is 2.22. The molecule has 138 valence electrons. The van der Waals surface area contributed by atoms with Crippen LogP contribution in [0.1, 0.15) is 5.01 Å². The maximum absolute atomic E-state index is 4.66. The monoisotopic (exact) mass is 380 g/mol. The van der Waals surface area contributed by atoms with Crippen LogP contribution in [-0.4, -0.2) is 60.2 Å². The fourth-order valence-electron chi connectivity index (χ4n) is 3.54. The van der Waals surface area contributed by atoms with Crippen LogP contribution in [0.25, 0.3) is 16.9 Å². The Morgan fingerprint density at radius 2 is 1.93 bits per heavy atom. The molecule has 1 fully saturated rings. The third-order valence-electron chi connectivity index (χ3n) is 4.92. The topological polar surface area (TPSA) is 67.4 Å². The molecule has 0 saturated carbocycles. The van der Waals surface area contributed by atoms with E-state index in [2.05, 4.69) is 34.3 Å². The SMILES string of the molecule is Cn1cc(-c2cnc3c(N4CCN(Cc5nccs5)CC4)nccn23)cn1. The van der Waals surface area contributed by atoms with E-state index in [-0.39, 0.29) is 0 Å². The number of imidazole rings is 1. The van der Waals surface area contributed by atoms with Gasteiger partial charge >= 0.3 is 0 Å². The molecule has 0 spiro atoms. The minimum Gasteiger partial charge on any atom is -0.351 e. The Labute approximate surface area is 160 Å². The van der Waals surface area contributed by atoms with Crippen LogP contribution >= 0.6 is 11.3 Å². The molecule has 1 saturated heterocycles. The van der Waals surface area contributed by atoms with Crippen LogP contribution in [0.3, 0.4) is 0 Å². The molecule has 0 radical (unpaired) electrons. The van der Waals surface area contributed by atoms with E-state index in [0.717, 1.165) is 55.4 Å². The van der Waals surface area contributed by atoms with E-state index in [1.165, 1.54) is 5.01 Å². The zero-order valence-electron chi connectivity index (χ0n) is 15.1. The van der Waals surface area contributed by atoms with Crippen molar-refractivity contribution in [1.29, 1.82) is 0 Å². The average Bonchev–Trinajstić information content (AvgIpc) is 3.43. The molecule has 4 aromatic heterocycles. The molecule has 27 heavy (non-hydrogen) atoms. The summed E-state index contributed by atoms with van der Waals surface area (Å²) >= 11 is 1.72. The molecule has 5 heterocycles. The number of fused-ring (bicyclic) bond motifs is 1. The molecule has 4 aromatic rings. The standard InChI is InChI=1S/C18H20N8S/c1-23-12-14(10-22-23)15-11-21-18-17(20-2-4-26(15)18)25-7-5-24(6-8-25)13-16-19-3-9-27-16/h2-4,9-12H,5-8,13H2,1H3. The summed E-state index contributed by atoms with van der Waals surface area (Å²) in [5.74, 6) is 0.946. The van der Waals surface area contributed by atoms with Crippen molar-refractivity contribution in [1.82, 2.24) is 34.0 Å². The summed E-state index contributed by atoms with van der Waals surface area (Å²) in [4.78, 5) is 18.5. The van der Waals surface area contributed by atoms with Crippen LogP contribution in [0.15, 0.2) is 42.6 Å². The minimum atomic E-state index is 0.893. The third kappa shape index (κ3) is 3.08. The summed E-state index contributed by atoms with van der Waals surface area (Å²) in [5, 5.41) is 7.49. The molecule has 0 aromatic carbocycles. The van der Waals surface area contributed by atoms with Gasteiger partial charge in [0, 0.05) is 69.0 Å². The van der Waals surface area contributed by atoms with Crippen molar-refractivity contribution in [2.45, 2.75) is 6.54 Å². The Balaban J connectivity index is 1.37. The van der Waals surface area contributed by atoms with Crippen LogP contribution in [0.5, 0.6) is 0 Å². The summed E-state index contributed by atoms with van der Waals surface area (Å²) in [7, 11) is 1.92. The van der Waals surface area contributed by atoms with Crippen molar-refractivity contribution in [2.24, 2.45) is 7.05 Å². The second-order valence-corrected chi connectivity index (χ2v) is 7.66. The molecule has 1 aliphatic heterocycles. The predicted molar refractivity (Wildman–Crippen MR) is 105 cm³/mol. The van der Waals surface area contributed by atoms with Gasteiger partial charge in [-0.15, -0.1) is 11.3 Å². The van der Waals surface area contributed by atoms with Crippen molar-refractivity contribution in [3.8, 4) is 11.3 Å². The van der Waals surface area contributed by atoms with Gasteiger partial charge in [0.25, 0.3) is 0 Å². The van der Waals surface area contributed by atoms with Gasteiger partial charge in [-0.3, -0.25) is 14.0 Å². The first-order valence-corrected chi connectivity index (χ1v) is 9.82. The molecule has 0 N–H and O–H groups in total. The molecule has 8 nitrogen and oxygen atoms in total. The number of aryl methyl sites for hydroxylation is 1. The summed E-state index contributed by atoms with van der Waals surface area (Å²) in [6, 6.07) is 0. The summed E-state index contributed by atoms with van der Waals surface area (Å²) < 4.78 is 3.90. The molecule has 0 atom stereocenters. The highest BCUT2D eigenvalue weighted by atomic mass is 32.1. The molecule has 0 bridgehead atoms. The van der Waals surface area contributed by atoms with Gasteiger partial charge in [0.05, 0.1) is 24.6 Å². The van der Waals surface area contributed by atoms with Crippen molar-refractivity contribution < 1.29 is 0 Å². The van der Waals surface area contributed by atoms with Crippen LogP contribution in [0.4, 0.5) is 5.82 Å². The molecule has 1 aliphatic rings. The van der Waals surface area contributed by atoms with Crippen molar-refractivity contribution in [2.75, 3.05) is 31.1 Å². The summed E-state index contributed by atoms with van der Waals surface area (Å²) in [6.45, 7) is 4.80. The molecular weight excluding hydrogens is 360 g/mol. The van der Waals surface area contributed by atoms with Gasteiger partial charge < -0.3 is 4.90 Å². The normalized spacial score (nSPS) is 15.7. The van der Waals surface area contributed by atoms with Gasteiger partial charge in [0.1, 0.15) is 5.01 Å². The molecule has 0 unspecified atom stereocenters. The zero-order chi connectivity index (χ0) is 18.2. The van der Waals surface area contributed by atoms with Gasteiger partial charge in [-0.05, 0) is 0 Å². The van der Waals surface area contributed by atoms with Gasteiger partial charge in [0.15, 0.2) is 11.5 Å². The van der Waals surface area contributed by atoms with E-state index >= 15 is 0 Å². The van der Waals surface area contributed by atoms with Gasteiger partial charge in [-0.2, -0.15) is 5.10 Å². The Hall–Kier alpha value is -2.78. The molecular formula is C18H20N8S. The van der Waals surface area contributed by atoms with E-state index < -0.39 is 0 Å². The maximum atomic E-state index is 4.66. The number of hydrogen-bond donors (Lipinski definition) is 0. The number of piperazine rings is 1. The molecule has 0 amide bonds. The first-order valence-electron chi connectivity index (χ1n) is 8.95. The maximum Gasteiger partial charge on any atom is 0.180 e. The number of hydrogen-bond acceptors (Lipinski definition) is 7. The molecule has 0 aliphatic carbocycles. The number of rotatable bonds is 4. The zero-order valence-corrected chi connectivity index (χ0v) is 15.9. The number of anilines is 1. The van der Waals surface area contributed by atoms with Gasteiger partial charge in [0.2, 0.25) is 0 Å². The van der Waals surface area contributed by atoms with E-state index in [1.807, 2.05) is 49.6 Å². The van der Waals surface area contributed by atoms with Gasteiger partial charge in [-0.1, -0.05) is 0 Å². The second-order valence-electron chi connectivity index (χ2n) is 6.68. The molecule has 9 heteroatoms. The lowest BCUT2D eigenvalue weighted by molar-refractivity contribution is 0.249. The summed E-state index contributed by atoms with van der Waals surface area (Å²) in [6.07, 6.45) is 11.5. The number of thiazole rings is 1. The lowest BCUT2D eigenvalue weighted by Gasteiger charge is -2.34. The minimum absolute atomic E-state index is 0.893. The second kappa shape index (κ2) is 6.75. The number of nitrogens with zero attached hydrogens (tertiary/aromatic N) is 8. The van der Waals surface area contributed by atoms with Crippen LogP contribution in [0.2, 0.25) is 0 Å². The fourth-order valence-corrected chi connectivity index (χ4v) is 4.19. The van der Waals surface area contributed by atoms with Crippen molar-refractivity contribution in [3.63, 3.8) is 0 Å². The largest absolute Gasteiger partial charge is 0.351 e.